The number of thioether (sulfide) groups is 1. The number of para-hydroxylation sites is 1. The van der Waals surface area contributed by atoms with Gasteiger partial charge in [-0.2, -0.15) is 13.2 Å². The highest BCUT2D eigenvalue weighted by Crippen LogP contribution is 2.36. The van der Waals surface area contributed by atoms with E-state index in [0.717, 1.165) is 24.8 Å². The van der Waals surface area contributed by atoms with Crippen molar-refractivity contribution in [2.24, 2.45) is 0 Å². The number of nitrogens with one attached hydrogen (secondary N) is 2. The zero-order chi connectivity index (χ0) is 19.0. The van der Waals surface area contributed by atoms with Crippen LogP contribution in [0.1, 0.15) is 28.0 Å². The second kappa shape index (κ2) is 6.96. The van der Waals surface area contributed by atoms with Gasteiger partial charge >= 0.3 is 5.51 Å². The van der Waals surface area contributed by atoms with Crippen LogP contribution in [0.5, 0.6) is 0 Å². The lowest BCUT2D eigenvalue weighted by molar-refractivity contribution is -0.0328. The molecule has 3 aromatic rings. The van der Waals surface area contributed by atoms with Crippen molar-refractivity contribution < 1.29 is 18.0 Å². The van der Waals surface area contributed by atoms with Crippen molar-refractivity contribution in [3.8, 4) is 0 Å². The molecule has 1 atom stereocenters. The van der Waals surface area contributed by atoms with Crippen molar-refractivity contribution >= 4 is 28.6 Å². The second-order valence-electron chi connectivity index (χ2n) is 6.61. The van der Waals surface area contributed by atoms with Crippen LogP contribution < -0.4 is 5.32 Å². The quantitative estimate of drug-likeness (QED) is 0.614. The molecule has 1 unspecified atom stereocenters. The minimum Gasteiger partial charge on any atom is -0.358 e. The van der Waals surface area contributed by atoms with E-state index in [0.29, 0.717) is 5.56 Å². The van der Waals surface area contributed by atoms with Crippen LogP contribution >= 0.6 is 11.8 Å². The maximum absolute atomic E-state index is 12.5. The van der Waals surface area contributed by atoms with E-state index in [2.05, 4.69) is 16.4 Å². The summed E-state index contributed by atoms with van der Waals surface area (Å²) in [7, 11) is 0. The molecule has 2 aromatic carbocycles. The van der Waals surface area contributed by atoms with E-state index in [4.69, 9.17) is 0 Å². The number of aromatic nitrogens is 1. The summed E-state index contributed by atoms with van der Waals surface area (Å²) in [5.74, 6) is -0.258. The Hall–Kier alpha value is -2.41. The van der Waals surface area contributed by atoms with Crippen molar-refractivity contribution in [2.75, 3.05) is 0 Å². The van der Waals surface area contributed by atoms with Gasteiger partial charge in [0.1, 0.15) is 0 Å². The number of alkyl halides is 3. The van der Waals surface area contributed by atoms with Crippen molar-refractivity contribution in [3.63, 3.8) is 0 Å². The summed E-state index contributed by atoms with van der Waals surface area (Å²) in [6, 6.07) is 13.6. The van der Waals surface area contributed by atoms with Gasteiger partial charge in [-0.15, -0.1) is 0 Å². The van der Waals surface area contributed by atoms with E-state index in [1.807, 2.05) is 18.2 Å². The molecule has 0 radical (unpaired) electrons. The van der Waals surface area contributed by atoms with Gasteiger partial charge in [-0.05, 0) is 66.9 Å². The Balaban J connectivity index is 1.44. The lowest BCUT2D eigenvalue weighted by atomic mass is 9.91. The first kappa shape index (κ1) is 18.0. The molecule has 27 heavy (non-hydrogen) atoms. The van der Waals surface area contributed by atoms with Crippen molar-refractivity contribution in [2.45, 2.75) is 35.7 Å². The minimum atomic E-state index is -4.33. The zero-order valence-electron chi connectivity index (χ0n) is 14.3. The molecule has 0 spiro atoms. The molecule has 1 amide bonds. The van der Waals surface area contributed by atoms with Crippen molar-refractivity contribution in [1.82, 2.24) is 10.3 Å². The Morgan fingerprint density at radius 1 is 1.11 bits per heavy atom. The lowest BCUT2D eigenvalue weighted by Crippen LogP contribution is -2.38. The van der Waals surface area contributed by atoms with Gasteiger partial charge in [0, 0.05) is 33.1 Å². The SMILES string of the molecule is O=C(NC1CCc2[nH]c3ccccc3c2C1)c1ccc(SC(F)(F)F)cc1. The van der Waals surface area contributed by atoms with Crippen LogP contribution in [0.3, 0.4) is 0 Å². The summed E-state index contributed by atoms with van der Waals surface area (Å²) in [5, 5.41) is 4.20. The van der Waals surface area contributed by atoms with E-state index in [-0.39, 0.29) is 28.6 Å². The number of rotatable bonds is 3. The Labute approximate surface area is 158 Å². The standard InChI is InChI=1S/C20H17F3N2OS/c21-20(22,23)27-14-8-5-12(6-9-14)19(26)24-13-7-10-18-16(11-13)15-3-1-2-4-17(15)25-18/h1-6,8-9,13,25H,7,10-11H2,(H,24,26). The maximum Gasteiger partial charge on any atom is 0.446 e. The second-order valence-corrected chi connectivity index (χ2v) is 7.75. The van der Waals surface area contributed by atoms with E-state index < -0.39 is 5.51 Å². The van der Waals surface area contributed by atoms with Crippen LogP contribution in [0.15, 0.2) is 53.4 Å². The summed E-state index contributed by atoms with van der Waals surface area (Å²) >= 11 is -0.184. The van der Waals surface area contributed by atoms with Crippen LogP contribution in [-0.4, -0.2) is 22.4 Å². The average Bonchev–Trinajstić information content (AvgIpc) is 2.99. The third kappa shape index (κ3) is 3.98. The summed E-state index contributed by atoms with van der Waals surface area (Å²) in [6.45, 7) is 0. The van der Waals surface area contributed by atoms with E-state index in [1.165, 1.54) is 40.9 Å². The van der Waals surface area contributed by atoms with Crippen LogP contribution in [0.25, 0.3) is 10.9 Å². The molecule has 0 saturated heterocycles. The zero-order valence-corrected chi connectivity index (χ0v) is 15.1. The van der Waals surface area contributed by atoms with Gasteiger partial charge in [-0.3, -0.25) is 4.79 Å². The van der Waals surface area contributed by atoms with Crippen LogP contribution in [-0.2, 0) is 12.8 Å². The highest BCUT2D eigenvalue weighted by Gasteiger charge is 2.29. The predicted octanol–water partition coefficient (Wildman–Crippen LogP) is 5.07. The molecule has 0 aliphatic heterocycles. The third-order valence-corrected chi connectivity index (χ3v) is 5.52. The van der Waals surface area contributed by atoms with Gasteiger partial charge in [0.2, 0.25) is 0 Å². The summed E-state index contributed by atoms with van der Waals surface area (Å²) in [4.78, 5) is 16.0. The average molecular weight is 390 g/mol. The number of fused-ring (bicyclic) bond motifs is 3. The Bertz CT molecular complexity index is 979. The lowest BCUT2D eigenvalue weighted by Gasteiger charge is -2.23. The third-order valence-electron chi connectivity index (χ3n) is 4.78. The Morgan fingerprint density at radius 2 is 1.85 bits per heavy atom. The van der Waals surface area contributed by atoms with Gasteiger partial charge < -0.3 is 10.3 Å². The number of hydrogen-bond acceptors (Lipinski definition) is 2. The molecule has 1 aliphatic rings. The number of carbonyl (C=O) groups excluding carboxylic acids is 1. The molecule has 0 bridgehead atoms. The fraction of sp³-hybridized carbons (Fsp3) is 0.250. The van der Waals surface area contributed by atoms with E-state index in [9.17, 15) is 18.0 Å². The number of hydrogen-bond donors (Lipinski definition) is 2. The topological polar surface area (TPSA) is 44.9 Å². The van der Waals surface area contributed by atoms with E-state index in [1.54, 1.807) is 0 Å². The number of aryl methyl sites for hydroxylation is 1. The predicted molar refractivity (Wildman–Crippen MR) is 99.9 cm³/mol. The molecular formula is C20H17F3N2OS. The molecule has 140 valence electrons. The van der Waals surface area contributed by atoms with E-state index >= 15 is 0 Å². The summed E-state index contributed by atoms with van der Waals surface area (Å²) in [5.41, 5.74) is -0.407. The summed E-state index contributed by atoms with van der Waals surface area (Å²) in [6.07, 6.45) is 2.43. The molecule has 2 N–H and O–H groups in total. The molecule has 7 heteroatoms. The van der Waals surface area contributed by atoms with Crippen LogP contribution in [0, 0.1) is 0 Å². The molecule has 0 fully saturated rings. The molecular weight excluding hydrogens is 373 g/mol. The first-order valence-corrected chi connectivity index (χ1v) is 9.46. The largest absolute Gasteiger partial charge is 0.446 e. The summed E-state index contributed by atoms with van der Waals surface area (Å²) < 4.78 is 37.2. The number of halogens is 3. The molecule has 0 saturated carbocycles. The molecule has 1 heterocycles. The monoisotopic (exact) mass is 390 g/mol. The van der Waals surface area contributed by atoms with Crippen LogP contribution in [0.2, 0.25) is 0 Å². The first-order chi connectivity index (χ1) is 12.9. The van der Waals surface area contributed by atoms with Gasteiger partial charge in [0.05, 0.1) is 0 Å². The van der Waals surface area contributed by atoms with Crippen LogP contribution in [0.4, 0.5) is 13.2 Å². The Kier molecular flexibility index (Phi) is 4.63. The minimum absolute atomic E-state index is 0.00781. The highest BCUT2D eigenvalue weighted by molar-refractivity contribution is 8.00. The molecule has 4 rings (SSSR count). The molecule has 1 aromatic heterocycles. The van der Waals surface area contributed by atoms with Gasteiger partial charge in [0.25, 0.3) is 5.91 Å². The Morgan fingerprint density at radius 3 is 2.59 bits per heavy atom. The van der Waals surface area contributed by atoms with Crippen molar-refractivity contribution in [1.29, 1.82) is 0 Å². The maximum atomic E-state index is 12.5. The molecule has 3 nitrogen and oxygen atoms in total. The number of aromatic amines is 1. The normalized spacial score (nSPS) is 16.9. The van der Waals surface area contributed by atoms with Gasteiger partial charge in [-0.1, -0.05) is 18.2 Å². The molecule has 1 aliphatic carbocycles. The number of benzene rings is 2. The smallest absolute Gasteiger partial charge is 0.358 e. The number of amides is 1. The first-order valence-electron chi connectivity index (χ1n) is 8.64. The number of H-pyrrole nitrogens is 1. The van der Waals surface area contributed by atoms with Gasteiger partial charge in [0.15, 0.2) is 0 Å². The highest BCUT2D eigenvalue weighted by atomic mass is 32.2. The van der Waals surface area contributed by atoms with Crippen molar-refractivity contribution in [3.05, 3.63) is 65.4 Å². The fourth-order valence-electron chi connectivity index (χ4n) is 3.57. The van der Waals surface area contributed by atoms with Gasteiger partial charge in [-0.25, -0.2) is 0 Å². The number of carbonyl (C=O) groups is 1. The fourth-order valence-corrected chi connectivity index (χ4v) is 4.11.